The Morgan fingerprint density at radius 1 is 1.15 bits per heavy atom. The van der Waals surface area contributed by atoms with Crippen molar-refractivity contribution in [2.24, 2.45) is 5.10 Å². The Bertz CT molecular complexity index is 1410. The van der Waals surface area contributed by atoms with Crippen molar-refractivity contribution in [1.29, 1.82) is 0 Å². The number of fused-ring (bicyclic) bond motifs is 1. The normalized spacial score (nSPS) is 11.5. The van der Waals surface area contributed by atoms with Crippen molar-refractivity contribution in [3.63, 3.8) is 0 Å². The minimum absolute atomic E-state index is 0.0545. The van der Waals surface area contributed by atoms with E-state index in [4.69, 9.17) is 4.74 Å². The Kier molecular flexibility index (Phi) is 6.60. The van der Waals surface area contributed by atoms with Crippen molar-refractivity contribution in [3.05, 3.63) is 98.0 Å². The minimum Gasteiger partial charge on any atom is -0.507 e. The third kappa shape index (κ3) is 4.83. The SMILES string of the molecule is Cc1cc(OCc2nc3ccccc3c(=O)n2N=Cc2ccccc2O)c(C(C)C)cc1Br. The topological polar surface area (TPSA) is 76.7 Å². The number of phenols is 1. The van der Waals surface area contributed by atoms with Crippen molar-refractivity contribution >= 4 is 33.0 Å². The van der Waals surface area contributed by atoms with E-state index in [2.05, 4.69) is 45.9 Å². The molecule has 0 saturated heterocycles. The van der Waals surface area contributed by atoms with Gasteiger partial charge in [-0.2, -0.15) is 9.78 Å². The molecule has 1 heterocycles. The first-order chi connectivity index (χ1) is 15.8. The number of nitrogens with zero attached hydrogens (tertiary/aromatic N) is 3. The summed E-state index contributed by atoms with van der Waals surface area (Å²) in [6.07, 6.45) is 1.44. The Balaban J connectivity index is 1.77. The number of halogens is 1. The first-order valence-corrected chi connectivity index (χ1v) is 11.4. The van der Waals surface area contributed by atoms with Gasteiger partial charge in [-0.3, -0.25) is 4.79 Å². The second kappa shape index (κ2) is 9.58. The molecule has 0 aliphatic heterocycles. The van der Waals surface area contributed by atoms with Gasteiger partial charge in [-0.25, -0.2) is 4.98 Å². The molecule has 1 N–H and O–H groups in total. The summed E-state index contributed by atoms with van der Waals surface area (Å²) in [6.45, 7) is 6.26. The van der Waals surface area contributed by atoms with Crippen LogP contribution in [0.1, 0.15) is 42.3 Å². The van der Waals surface area contributed by atoms with Gasteiger partial charge in [0, 0.05) is 10.0 Å². The van der Waals surface area contributed by atoms with E-state index >= 15 is 0 Å². The highest BCUT2D eigenvalue weighted by Gasteiger charge is 2.15. The third-order valence-electron chi connectivity index (χ3n) is 5.34. The van der Waals surface area contributed by atoms with E-state index in [1.807, 2.05) is 19.1 Å². The summed E-state index contributed by atoms with van der Waals surface area (Å²) in [5.74, 6) is 1.43. The third-order valence-corrected chi connectivity index (χ3v) is 6.19. The summed E-state index contributed by atoms with van der Waals surface area (Å²) >= 11 is 3.59. The number of phenolic OH excluding ortho intramolecular Hbond substituents is 1. The first-order valence-electron chi connectivity index (χ1n) is 10.6. The molecule has 0 radical (unpaired) electrons. The molecule has 0 saturated carbocycles. The average Bonchev–Trinajstić information content (AvgIpc) is 2.80. The molecule has 3 aromatic carbocycles. The molecule has 0 bridgehead atoms. The molecule has 0 fully saturated rings. The largest absolute Gasteiger partial charge is 0.507 e. The summed E-state index contributed by atoms with van der Waals surface area (Å²) < 4.78 is 8.43. The van der Waals surface area contributed by atoms with Crippen LogP contribution in [0.3, 0.4) is 0 Å². The van der Waals surface area contributed by atoms with Crippen LogP contribution >= 0.6 is 15.9 Å². The smallest absolute Gasteiger partial charge is 0.282 e. The van der Waals surface area contributed by atoms with Crippen LogP contribution in [0.25, 0.3) is 10.9 Å². The maximum Gasteiger partial charge on any atom is 0.282 e. The Morgan fingerprint density at radius 3 is 2.64 bits per heavy atom. The number of ether oxygens (including phenoxy) is 1. The monoisotopic (exact) mass is 505 g/mol. The molecule has 0 spiro atoms. The van der Waals surface area contributed by atoms with Gasteiger partial charge >= 0.3 is 0 Å². The van der Waals surface area contributed by atoms with Crippen LogP contribution in [0.4, 0.5) is 0 Å². The van der Waals surface area contributed by atoms with E-state index in [-0.39, 0.29) is 23.8 Å². The van der Waals surface area contributed by atoms with E-state index in [0.717, 1.165) is 21.3 Å². The molecule has 33 heavy (non-hydrogen) atoms. The van der Waals surface area contributed by atoms with Crippen LogP contribution in [0, 0.1) is 6.92 Å². The summed E-state index contributed by atoms with van der Waals surface area (Å²) in [4.78, 5) is 17.9. The predicted octanol–water partition coefficient (Wildman–Crippen LogP) is 5.76. The van der Waals surface area contributed by atoms with Gasteiger partial charge in [0.1, 0.15) is 18.1 Å². The van der Waals surface area contributed by atoms with E-state index < -0.39 is 0 Å². The lowest BCUT2D eigenvalue weighted by Gasteiger charge is -2.17. The molecule has 1 aromatic heterocycles. The Hall–Kier alpha value is -3.45. The molecule has 6 nitrogen and oxygen atoms in total. The number of aryl methyl sites for hydroxylation is 1. The molecule has 0 aliphatic rings. The van der Waals surface area contributed by atoms with Crippen molar-refractivity contribution < 1.29 is 9.84 Å². The van der Waals surface area contributed by atoms with Gasteiger partial charge in [-0.05, 0) is 60.4 Å². The van der Waals surface area contributed by atoms with Crippen LogP contribution < -0.4 is 10.3 Å². The number of aromatic hydroxyl groups is 1. The number of hydrogen-bond acceptors (Lipinski definition) is 5. The zero-order chi connectivity index (χ0) is 23.5. The van der Waals surface area contributed by atoms with E-state index in [1.54, 1.807) is 42.5 Å². The molecule has 4 aromatic rings. The van der Waals surface area contributed by atoms with Gasteiger partial charge in [-0.1, -0.05) is 54.0 Å². The van der Waals surface area contributed by atoms with Gasteiger partial charge in [0.25, 0.3) is 5.56 Å². The highest BCUT2D eigenvalue weighted by Crippen LogP contribution is 2.32. The number of aromatic nitrogens is 2. The van der Waals surface area contributed by atoms with Crippen molar-refractivity contribution in [3.8, 4) is 11.5 Å². The quantitative estimate of drug-likeness (QED) is 0.338. The number of benzene rings is 3. The van der Waals surface area contributed by atoms with Crippen LogP contribution in [0.2, 0.25) is 0 Å². The Labute approximate surface area is 200 Å². The molecule has 0 aliphatic carbocycles. The fourth-order valence-corrected chi connectivity index (χ4v) is 3.85. The second-order valence-corrected chi connectivity index (χ2v) is 8.90. The van der Waals surface area contributed by atoms with E-state index in [9.17, 15) is 9.90 Å². The highest BCUT2D eigenvalue weighted by molar-refractivity contribution is 9.10. The first kappa shape index (κ1) is 22.7. The van der Waals surface area contributed by atoms with Gasteiger partial charge in [0.05, 0.1) is 17.1 Å². The van der Waals surface area contributed by atoms with Crippen molar-refractivity contribution in [2.45, 2.75) is 33.3 Å². The lowest BCUT2D eigenvalue weighted by atomic mass is 10.0. The van der Waals surface area contributed by atoms with Crippen molar-refractivity contribution in [2.75, 3.05) is 0 Å². The van der Waals surface area contributed by atoms with Crippen LogP contribution in [-0.2, 0) is 6.61 Å². The maximum atomic E-state index is 13.2. The number of rotatable bonds is 6. The summed E-state index contributed by atoms with van der Waals surface area (Å²) in [6, 6.07) is 18.0. The molecular formula is C26H24BrN3O3. The standard InChI is InChI=1S/C26H24BrN3O3/c1-16(2)20-13-21(27)17(3)12-24(20)33-15-25-29-22-10-6-5-9-19(22)26(32)30(25)28-14-18-8-4-7-11-23(18)31/h4-14,16,31H,15H2,1-3H3. The van der Waals surface area contributed by atoms with Gasteiger partial charge < -0.3 is 9.84 Å². The Morgan fingerprint density at radius 2 is 1.88 bits per heavy atom. The number of para-hydroxylation sites is 2. The molecule has 0 atom stereocenters. The van der Waals surface area contributed by atoms with E-state index in [0.29, 0.717) is 22.3 Å². The van der Waals surface area contributed by atoms with Crippen molar-refractivity contribution in [1.82, 2.24) is 9.66 Å². The zero-order valence-electron chi connectivity index (χ0n) is 18.6. The molecule has 0 unspecified atom stereocenters. The average molecular weight is 506 g/mol. The van der Waals surface area contributed by atoms with Crippen LogP contribution in [0.15, 0.2) is 75.0 Å². The van der Waals surface area contributed by atoms with Crippen LogP contribution in [-0.4, -0.2) is 21.0 Å². The molecule has 168 valence electrons. The lowest BCUT2D eigenvalue weighted by molar-refractivity contribution is 0.285. The summed E-state index contributed by atoms with van der Waals surface area (Å²) in [7, 11) is 0. The molecule has 4 rings (SSSR count). The zero-order valence-corrected chi connectivity index (χ0v) is 20.2. The summed E-state index contributed by atoms with van der Waals surface area (Å²) in [5.41, 5.74) is 2.87. The second-order valence-electron chi connectivity index (χ2n) is 8.05. The summed E-state index contributed by atoms with van der Waals surface area (Å²) in [5, 5.41) is 14.9. The van der Waals surface area contributed by atoms with Crippen LogP contribution in [0.5, 0.6) is 11.5 Å². The number of hydrogen-bond donors (Lipinski definition) is 1. The van der Waals surface area contributed by atoms with Gasteiger partial charge in [0.2, 0.25) is 0 Å². The fourth-order valence-electron chi connectivity index (χ4n) is 3.49. The highest BCUT2D eigenvalue weighted by atomic mass is 79.9. The predicted molar refractivity (Wildman–Crippen MR) is 134 cm³/mol. The fraction of sp³-hybridized carbons (Fsp3) is 0.192. The molecule has 7 heteroatoms. The van der Waals surface area contributed by atoms with Gasteiger partial charge in [-0.15, -0.1) is 0 Å². The lowest BCUT2D eigenvalue weighted by Crippen LogP contribution is -2.23. The van der Waals surface area contributed by atoms with Gasteiger partial charge in [0.15, 0.2) is 5.82 Å². The van der Waals surface area contributed by atoms with E-state index in [1.165, 1.54) is 10.9 Å². The molecule has 0 amide bonds. The maximum absolute atomic E-state index is 13.2. The molecular weight excluding hydrogens is 482 g/mol. The minimum atomic E-state index is -0.304.